The van der Waals surface area contributed by atoms with Gasteiger partial charge in [-0.3, -0.25) is 4.79 Å². The molecule has 2 aliphatic carbocycles. The Morgan fingerprint density at radius 1 is 1.78 bits per heavy atom. The van der Waals surface area contributed by atoms with Crippen LogP contribution in [0.15, 0.2) is 12.2 Å². The zero-order chi connectivity index (χ0) is 6.06. The molecule has 1 amide bonds. The van der Waals surface area contributed by atoms with Crippen molar-refractivity contribution in [3.63, 3.8) is 0 Å². The number of piperidine rings is 1. The Balaban J connectivity index is 2.14. The number of nitrogens with one attached hydrogen (secondary N) is 1. The maximum Gasteiger partial charge on any atom is 0.224 e. The molecular formula is C7H7NO. The molecule has 1 spiro atoms. The normalized spacial score (nSPS) is 57.6. The van der Waals surface area contributed by atoms with E-state index in [1.165, 1.54) is 0 Å². The van der Waals surface area contributed by atoms with E-state index in [4.69, 9.17) is 0 Å². The third-order valence-electron chi connectivity index (χ3n) is 2.84. The van der Waals surface area contributed by atoms with Crippen LogP contribution in [0.2, 0.25) is 0 Å². The molecule has 1 saturated heterocycles. The van der Waals surface area contributed by atoms with E-state index >= 15 is 0 Å². The molecule has 0 aromatic carbocycles. The summed E-state index contributed by atoms with van der Waals surface area (Å²) in [6, 6.07) is 0.412. The van der Waals surface area contributed by atoms with Crippen molar-refractivity contribution >= 4 is 5.91 Å². The monoisotopic (exact) mass is 121 g/mol. The molecule has 46 valence electrons. The van der Waals surface area contributed by atoms with Gasteiger partial charge in [0, 0.05) is 5.41 Å². The van der Waals surface area contributed by atoms with Crippen LogP contribution >= 0.6 is 0 Å². The van der Waals surface area contributed by atoms with Crippen molar-refractivity contribution in [2.45, 2.75) is 12.5 Å². The molecule has 0 aromatic rings. The number of hydrogen-bond donors (Lipinski definition) is 1. The van der Waals surface area contributed by atoms with Gasteiger partial charge in [0.15, 0.2) is 0 Å². The second-order valence-corrected chi connectivity index (χ2v) is 3.21. The number of amides is 1. The molecule has 3 atom stereocenters. The summed E-state index contributed by atoms with van der Waals surface area (Å²) in [7, 11) is 0. The van der Waals surface area contributed by atoms with Gasteiger partial charge in [-0.05, 0) is 6.42 Å². The maximum atomic E-state index is 10.9. The number of hydrogen-bond acceptors (Lipinski definition) is 1. The zero-order valence-electron chi connectivity index (χ0n) is 4.92. The Kier molecular flexibility index (Phi) is 0.381. The molecule has 1 aliphatic heterocycles. The molecule has 1 heterocycles. The fraction of sp³-hybridized carbons (Fsp3) is 0.571. The van der Waals surface area contributed by atoms with Crippen LogP contribution in [0.1, 0.15) is 6.42 Å². The predicted molar refractivity (Wildman–Crippen MR) is 31.6 cm³/mol. The summed E-state index contributed by atoms with van der Waals surface area (Å²) < 4.78 is 0. The van der Waals surface area contributed by atoms with Gasteiger partial charge in [-0.15, -0.1) is 0 Å². The molecule has 9 heavy (non-hydrogen) atoms. The van der Waals surface area contributed by atoms with Gasteiger partial charge >= 0.3 is 0 Å². The molecule has 3 rings (SSSR count). The summed E-state index contributed by atoms with van der Waals surface area (Å²) in [6.07, 6.45) is 5.38. The molecule has 2 nitrogen and oxygen atoms in total. The fourth-order valence-electron chi connectivity index (χ4n) is 2.04. The van der Waals surface area contributed by atoms with E-state index in [0.717, 1.165) is 6.42 Å². The lowest BCUT2D eigenvalue weighted by Gasteiger charge is -2.24. The summed E-state index contributed by atoms with van der Waals surface area (Å²) in [6.45, 7) is 0. The van der Waals surface area contributed by atoms with Crippen molar-refractivity contribution < 1.29 is 4.79 Å². The summed E-state index contributed by atoms with van der Waals surface area (Å²) in [4.78, 5) is 10.9. The Bertz CT molecular complexity index is 229. The van der Waals surface area contributed by atoms with E-state index in [2.05, 4.69) is 17.5 Å². The van der Waals surface area contributed by atoms with Gasteiger partial charge in [-0.1, -0.05) is 12.2 Å². The van der Waals surface area contributed by atoms with E-state index in [1.807, 2.05) is 0 Å². The summed E-state index contributed by atoms with van der Waals surface area (Å²) in [5, 5.41) is 2.92. The van der Waals surface area contributed by atoms with E-state index < -0.39 is 0 Å². The molecule has 1 N–H and O–H groups in total. The maximum absolute atomic E-state index is 10.9. The Morgan fingerprint density at radius 3 is 2.89 bits per heavy atom. The molecular weight excluding hydrogens is 114 g/mol. The van der Waals surface area contributed by atoms with Crippen LogP contribution < -0.4 is 5.32 Å². The van der Waals surface area contributed by atoms with Crippen LogP contribution in [-0.2, 0) is 4.79 Å². The summed E-state index contributed by atoms with van der Waals surface area (Å²) in [5.74, 6) is 0.623. The Labute approximate surface area is 52.9 Å². The van der Waals surface area contributed by atoms with Crippen LogP contribution in [0, 0.1) is 11.3 Å². The Morgan fingerprint density at radius 2 is 2.67 bits per heavy atom. The number of carbonyl (C=O) groups excluding carboxylic acids is 1. The van der Waals surface area contributed by atoms with E-state index in [0.29, 0.717) is 17.4 Å². The highest BCUT2D eigenvalue weighted by Gasteiger charge is 2.68. The van der Waals surface area contributed by atoms with Crippen molar-refractivity contribution in [3.8, 4) is 0 Å². The minimum Gasteiger partial charge on any atom is -0.349 e. The van der Waals surface area contributed by atoms with E-state index in [9.17, 15) is 4.79 Å². The van der Waals surface area contributed by atoms with Gasteiger partial charge in [-0.2, -0.15) is 0 Å². The predicted octanol–water partition coefficient (Wildman–Crippen LogP) is 0.0609. The second-order valence-electron chi connectivity index (χ2n) is 3.21. The minimum atomic E-state index is 0.269. The van der Waals surface area contributed by atoms with E-state index in [-0.39, 0.29) is 5.91 Å². The Hall–Kier alpha value is -0.790. The van der Waals surface area contributed by atoms with Crippen molar-refractivity contribution in [2.75, 3.05) is 0 Å². The SMILES string of the molecule is O=C1NC2C=CC23CC13. The van der Waals surface area contributed by atoms with Crippen LogP contribution in [0.25, 0.3) is 0 Å². The highest BCUT2D eigenvalue weighted by molar-refractivity contribution is 5.89. The average molecular weight is 121 g/mol. The first-order valence-corrected chi connectivity index (χ1v) is 3.33. The average Bonchev–Trinajstić information content (AvgIpc) is 2.50. The first-order valence-electron chi connectivity index (χ1n) is 3.33. The molecule has 3 unspecified atom stereocenters. The van der Waals surface area contributed by atoms with Gasteiger partial charge in [0.1, 0.15) is 0 Å². The third kappa shape index (κ3) is 0.246. The molecule has 0 radical (unpaired) electrons. The van der Waals surface area contributed by atoms with Crippen molar-refractivity contribution in [1.29, 1.82) is 0 Å². The van der Waals surface area contributed by atoms with Gasteiger partial charge in [0.05, 0.1) is 12.0 Å². The first kappa shape index (κ1) is 4.09. The molecule has 1 saturated carbocycles. The standard InChI is InChI=1S/C7H7NO/c9-6-4-3-7(4)2-1-5(7)8-6/h1-2,4-5H,3H2,(H,8,9). The zero-order valence-corrected chi connectivity index (χ0v) is 4.92. The van der Waals surface area contributed by atoms with Crippen molar-refractivity contribution in [1.82, 2.24) is 5.32 Å². The summed E-state index contributed by atoms with van der Waals surface area (Å²) >= 11 is 0. The lowest BCUT2D eigenvalue weighted by molar-refractivity contribution is -0.121. The van der Waals surface area contributed by atoms with Gasteiger partial charge in [0.2, 0.25) is 5.91 Å². The first-order chi connectivity index (χ1) is 4.33. The van der Waals surface area contributed by atoms with Crippen molar-refractivity contribution in [3.05, 3.63) is 12.2 Å². The smallest absolute Gasteiger partial charge is 0.224 e. The molecule has 0 aromatic heterocycles. The quantitative estimate of drug-likeness (QED) is 0.451. The van der Waals surface area contributed by atoms with E-state index in [1.54, 1.807) is 0 Å². The molecule has 2 heteroatoms. The third-order valence-corrected chi connectivity index (χ3v) is 2.84. The number of carbonyl (C=O) groups is 1. The van der Waals surface area contributed by atoms with Gasteiger partial charge in [-0.25, -0.2) is 0 Å². The molecule has 0 bridgehead atoms. The van der Waals surface area contributed by atoms with Crippen LogP contribution in [0.5, 0.6) is 0 Å². The van der Waals surface area contributed by atoms with Crippen molar-refractivity contribution in [2.24, 2.45) is 11.3 Å². The fourth-order valence-corrected chi connectivity index (χ4v) is 2.04. The number of rotatable bonds is 0. The van der Waals surface area contributed by atoms with Gasteiger partial charge < -0.3 is 5.32 Å². The largest absolute Gasteiger partial charge is 0.349 e. The van der Waals surface area contributed by atoms with Crippen LogP contribution in [-0.4, -0.2) is 11.9 Å². The molecule has 2 fully saturated rings. The topological polar surface area (TPSA) is 29.1 Å². The minimum absolute atomic E-state index is 0.269. The highest BCUT2D eigenvalue weighted by atomic mass is 16.2. The lowest BCUT2D eigenvalue weighted by Crippen LogP contribution is -2.36. The lowest BCUT2D eigenvalue weighted by atomic mass is 9.86. The summed E-state index contributed by atoms with van der Waals surface area (Å²) in [5.41, 5.74) is 0.330. The molecule has 3 aliphatic rings. The van der Waals surface area contributed by atoms with Crippen LogP contribution in [0.4, 0.5) is 0 Å². The van der Waals surface area contributed by atoms with Crippen LogP contribution in [0.3, 0.4) is 0 Å². The highest BCUT2D eigenvalue weighted by Crippen LogP contribution is 2.64. The second kappa shape index (κ2) is 0.838. The van der Waals surface area contributed by atoms with Gasteiger partial charge in [0.25, 0.3) is 0 Å².